The fourth-order valence-electron chi connectivity index (χ4n) is 11.8. The van der Waals surface area contributed by atoms with Crippen LogP contribution in [-0.4, -0.2) is 74.1 Å². The number of aromatic amines is 1. The summed E-state index contributed by atoms with van der Waals surface area (Å²) >= 11 is 0. The molecule has 4 aromatic rings. The Kier molecular flexibility index (Phi) is 12.4. The van der Waals surface area contributed by atoms with Gasteiger partial charge in [-0.1, -0.05) is 42.5 Å². The Hall–Kier alpha value is -4.06. The number of rotatable bonds is 12. The van der Waals surface area contributed by atoms with Crippen LogP contribution in [-0.2, 0) is 24.2 Å². The number of aromatic nitrogens is 1. The second-order valence-electron chi connectivity index (χ2n) is 17.7. The fraction of sp³-hybridized carbons (Fsp3) is 0.542. The highest BCUT2D eigenvalue weighted by Crippen LogP contribution is 2.56. The van der Waals surface area contributed by atoms with Gasteiger partial charge in [-0.25, -0.2) is 0 Å². The maximum atomic E-state index is 11.9. The third kappa shape index (κ3) is 7.98. The number of H-pyrrole nitrogens is 1. The highest BCUT2D eigenvalue weighted by atomic mass is 16.5. The molecule has 0 unspecified atom stereocenters. The van der Waals surface area contributed by atoms with Gasteiger partial charge < -0.3 is 50.4 Å². The number of ether oxygens (including phenoxy) is 2. The Bertz CT molecular complexity index is 1990. The molecule has 3 aliphatic carbocycles. The van der Waals surface area contributed by atoms with E-state index >= 15 is 0 Å². The molecule has 0 spiro atoms. The maximum Gasteiger partial charge on any atom is 0.201 e. The zero-order valence-electron chi connectivity index (χ0n) is 33.9. The van der Waals surface area contributed by atoms with Gasteiger partial charge in [-0.05, 0) is 141 Å². The van der Waals surface area contributed by atoms with Crippen LogP contribution in [0.4, 0.5) is 0 Å². The number of aryl methyl sites for hydroxylation is 1. The Labute approximate surface area is 342 Å². The van der Waals surface area contributed by atoms with Gasteiger partial charge in [0, 0.05) is 48.3 Å². The minimum atomic E-state index is -0.668. The first-order valence-corrected chi connectivity index (χ1v) is 21.6. The minimum Gasteiger partial charge on any atom is -0.508 e. The monoisotopic (exact) mass is 794 g/mol. The number of hydrogen-bond donors (Lipinski definition) is 8. The van der Waals surface area contributed by atoms with Crippen molar-refractivity contribution in [1.29, 1.82) is 0 Å². The zero-order chi connectivity index (χ0) is 40.5. The minimum absolute atomic E-state index is 0.0447. The number of phenolic OH excluding ortho intramolecular Hbond substituents is 2. The molecule has 10 heteroatoms. The molecule has 0 radical (unpaired) electrons. The normalized spacial score (nSPS) is 30.3. The number of fused-ring (bicyclic) bond motifs is 2. The van der Waals surface area contributed by atoms with Gasteiger partial charge in [0.25, 0.3) is 0 Å². The van der Waals surface area contributed by atoms with E-state index in [4.69, 9.17) is 9.47 Å². The maximum absolute atomic E-state index is 11.9. The van der Waals surface area contributed by atoms with E-state index in [0.29, 0.717) is 54.0 Å². The van der Waals surface area contributed by atoms with Crippen molar-refractivity contribution >= 4 is 0 Å². The molecule has 8 N–H and O–H groups in total. The number of phenols is 3. The van der Waals surface area contributed by atoms with Gasteiger partial charge in [-0.3, -0.25) is 0 Å². The van der Waals surface area contributed by atoms with Crippen LogP contribution in [0.3, 0.4) is 0 Å². The molecule has 312 valence electrons. The number of aliphatic hydroxyl groups is 3. The molecule has 4 fully saturated rings. The predicted molar refractivity (Wildman–Crippen MR) is 222 cm³/mol. The van der Waals surface area contributed by atoms with Crippen molar-refractivity contribution in [1.82, 2.24) is 10.3 Å². The number of methoxy groups -OCH3 is 1. The van der Waals surface area contributed by atoms with Gasteiger partial charge in [0.2, 0.25) is 5.75 Å². The van der Waals surface area contributed by atoms with Crippen LogP contribution in [0.15, 0.2) is 67.0 Å². The molecular weight excluding hydrogens is 733 g/mol. The summed E-state index contributed by atoms with van der Waals surface area (Å²) in [6.07, 6.45) is 11.3. The van der Waals surface area contributed by atoms with Crippen molar-refractivity contribution in [3.8, 4) is 23.0 Å². The van der Waals surface area contributed by atoms with E-state index in [1.165, 1.54) is 12.7 Å². The van der Waals surface area contributed by atoms with E-state index in [2.05, 4.69) is 47.7 Å². The van der Waals surface area contributed by atoms with Gasteiger partial charge >= 0.3 is 0 Å². The van der Waals surface area contributed by atoms with Crippen LogP contribution in [0, 0.1) is 23.7 Å². The highest BCUT2D eigenvalue weighted by molar-refractivity contribution is 5.64. The second-order valence-corrected chi connectivity index (χ2v) is 17.7. The lowest BCUT2D eigenvalue weighted by molar-refractivity contribution is -0.154. The van der Waals surface area contributed by atoms with Gasteiger partial charge in [0.15, 0.2) is 11.5 Å². The summed E-state index contributed by atoms with van der Waals surface area (Å²) < 4.78 is 12.6. The Balaban J connectivity index is 1.08. The molecule has 3 aromatic carbocycles. The summed E-state index contributed by atoms with van der Waals surface area (Å²) in [5.41, 5.74) is 5.56. The van der Waals surface area contributed by atoms with Crippen molar-refractivity contribution in [2.75, 3.05) is 14.2 Å². The summed E-state index contributed by atoms with van der Waals surface area (Å²) in [6.45, 7) is -0.525. The predicted octanol–water partition coefficient (Wildman–Crippen LogP) is 7.49. The van der Waals surface area contributed by atoms with E-state index < -0.39 is 36.4 Å². The molecule has 4 aliphatic rings. The summed E-state index contributed by atoms with van der Waals surface area (Å²) in [6, 6.07) is 18.9. The summed E-state index contributed by atoms with van der Waals surface area (Å²) in [5.74, 6) is 0.593. The van der Waals surface area contributed by atoms with Crippen molar-refractivity contribution in [2.45, 2.75) is 126 Å². The summed E-state index contributed by atoms with van der Waals surface area (Å²) in [7, 11) is 3.50. The molecule has 3 saturated carbocycles. The largest absolute Gasteiger partial charge is 0.508 e. The number of aromatic hydroxyl groups is 3. The first kappa shape index (κ1) is 40.7. The van der Waals surface area contributed by atoms with Crippen LogP contribution >= 0.6 is 0 Å². The molecule has 1 aliphatic heterocycles. The van der Waals surface area contributed by atoms with E-state index in [1.54, 1.807) is 0 Å². The first-order valence-electron chi connectivity index (χ1n) is 21.6. The van der Waals surface area contributed by atoms with Crippen LogP contribution in [0.2, 0.25) is 0 Å². The fourth-order valence-corrected chi connectivity index (χ4v) is 11.8. The number of nitrogens with one attached hydrogen (secondary N) is 2. The Morgan fingerprint density at radius 2 is 1.69 bits per heavy atom. The standard InChI is InChI=1S/C48H62N2O8/c1-49-32-12-15-33-31(21-32)10-14-35(39(52)16-8-27-6-4-3-5-7-27)44(33)36-22-29(11-17-40(36)53)30-9-13-34-41(54)24-43(58-42(34)23-30)45-37(20-28-18-19-50-25-28)48(57-2)47(56)46(55)38(45)26-51/h3-7,11,17-19,22,25,30-35,39,41-44,49-56H,8-10,12-16,20-21,23-24,26H2,1-2H3/t30-,31+,32+,33-,34+,35-,39+,41-,42-,43-,44+/m0/s1. The molecule has 1 saturated heterocycles. The average Bonchev–Trinajstić information content (AvgIpc) is 3.77. The van der Waals surface area contributed by atoms with Crippen LogP contribution in [0.5, 0.6) is 23.0 Å². The smallest absolute Gasteiger partial charge is 0.201 e. The Morgan fingerprint density at radius 1 is 0.879 bits per heavy atom. The van der Waals surface area contributed by atoms with Crippen LogP contribution < -0.4 is 10.1 Å². The number of benzene rings is 3. The molecule has 0 amide bonds. The molecule has 1 aromatic heterocycles. The van der Waals surface area contributed by atoms with Gasteiger partial charge in [-0.15, -0.1) is 0 Å². The SMILES string of the molecule is CN[C@@H]1CC[C@H]2[C@H](CC[C@@H]([C@H](O)CCc3ccccc3)[C@@H]2c2cc([C@H]3CC[C@H]4[C@H](C3)O[C@H](c3c(CO)c(O)c(O)c(OC)c3Cc3cc[nH]c3)C[C@@H]4O)ccc2O)C1. The van der Waals surface area contributed by atoms with Crippen LogP contribution in [0.1, 0.15) is 121 Å². The van der Waals surface area contributed by atoms with E-state index in [1.807, 2.05) is 36.7 Å². The van der Waals surface area contributed by atoms with Gasteiger partial charge in [0.05, 0.1) is 38.1 Å². The number of aliphatic hydroxyl groups excluding tert-OH is 3. The number of hydrogen-bond acceptors (Lipinski definition) is 9. The lowest BCUT2D eigenvalue weighted by atomic mass is 9.57. The summed E-state index contributed by atoms with van der Waals surface area (Å²) in [5, 5.41) is 71.5. The average molecular weight is 795 g/mol. The topological polar surface area (TPSA) is 168 Å². The Morgan fingerprint density at radius 3 is 2.43 bits per heavy atom. The zero-order valence-corrected chi connectivity index (χ0v) is 33.9. The summed E-state index contributed by atoms with van der Waals surface area (Å²) in [4.78, 5) is 3.07. The molecule has 8 rings (SSSR count). The molecule has 2 heterocycles. The van der Waals surface area contributed by atoms with E-state index in [-0.39, 0.29) is 47.5 Å². The third-order valence-corrected chi connectivity index (χ3v) is 14.7. The van der Waals surface area contributed by atoms with Crippen molar-refractivity contribution in [3.63, 3.8) is 0 Å². The van der Waals surface area contributed by atoms with Crippen LogP contribution in [0.25, 0.3) is 0 Å². The molecule has 10 nitrogen and oxygen atoms in total. The van der Waals surface area contributed by atoms with E-state index in [0.717, 1.165) is 68.1 Å². The second kappa shape index (κ2) is 17.7. The lowest BCUT2D eigenvalue weighted by Crippen LogP contribution is -2.45. The molecule has 11 atom stereocenters. The van der Waals surface area contributed by atoms with Gasteiger partial charge in [0.1, 0.15) is 5.75 Å². The first-order chi connectivity index (χ1) is 28.2. The quantitative estimate of drug-likeness (QED) is 0.0678. The van der Waals surface area contributed by atoms with Gasteiger partial charge in [-0.2, -0.15) is 0 Å². The lowest BCUT2D eigenvalue weighted by Gasteiger charge is -2.49. The molecule has 58 heavy (non-hydrogen) atoms. The van der Waals surface area contributed by atoms with Crippen molar-refractivity contribution in [3.05, 3.63) is 106 Å². The molecule has 0 bridgehead atoms. The molecular formula is C48H62N2O8. The third-order valence-electron chi connectivity index (χ3n) is 14.7. The van der Waals surface area contributed by atoms with Crippen molar-refractivity contribution < 1.29 is 40.1 Å². The van der Waals surface area contributed by atoms with Crippen molar-refractivity contribution in [2.24, 2.45) is 23.7 Å². The van der Waals surface area contributed by atoms with E-state index in [9.17, 15) is 30.6 Å². The highest BCUT2D eigenvalue weighted by Gasteiger charge is 2.47.